The average molecular weight is 342 g/mol. The maximum atomic E-state index is 13.1. The normalized spacial score (nSPS) is 27.9. The molecular weight excluding hydrogens is 322 g/mol. The number of para-hydroxylation sites is 1. The average Bonchev–Trinajstić information content (AvgIpc) is 2.86. The summed E-state index contributed by atoms with van der Waals surface area (Å²) >= 11 is 0. The van der Waals surface area contributed by atoms with Crippen molar-refractivity contribution in [1.82, 2.24) is 4.31 Å². The topological polar surface area (TPSA) is 40.6 Å². The van der Waals surface area contributed by atoms with Gasteiger partial charge in [0, 0.05) is 44.2 Å². The minimum Gasteiger partial charge on any atom is -0.367 e. The lowest BCUT2D eigenvalue weighted by molar-refractivity contribution is -0.0695. The Morgan fingerprint density at radius 2 is 1.91 bits per heavy atom. The zero-order valence-electron chi connectivity index (χ0n) is 12.8. The second-order valence-corrected chi connectivity index (χ2v) is 9.05. The van der Waals surface area contributed by atoms with Crippen molar-refractivity contribution in [2.75, 3.05) is 18.0 Å². The molecule has 1 saturated heterocycles. The van der Waals surface area contributed by atoms with Crippen LogP contribution in [0.25, 0.3) is 0 Å². The molecule has 4 nitrogen and oxygen atoms in total. The number of alkyl halides is 2. The molecule has 126 valence electrons. The molecule has 2 aliphatic heterocycles. The van der Waals surface area contributed by atoms with Gasteiger partial charge in [-0.3, -0.25) is 0 Å². The Morgan fingerprint density at radius 1 is 1.17 bits per heavy atom. The van der Waals surface area contributed by atoms with Gasteiger partial charge in [0.15, 0.2) is 0 Å². The largest absolute Gasteiger partial charge is 0.367 e. The Hall–Kier alpha value is -1.21. The molecule has 0 radical (unpaired) electrons. The molecule has 1 aliphatic carbocycles. The SMILES string of the molecule is O=S(=O)(C1CC(F)(F)C1)N1Cc2ccccc2N2CCC[C@@H]2C1. The van der Waals surface area contributed by atoms with Gasteiger partial charge in [-0.05, 0) is 24.5 Å². The van der Waals surface area contributed by atoms with E-state index in [1.54, 1.807) is 0 Å². The summed E-state index contributed by atoms with van der Waals surface area (Å²) in [5.41, 5.74) is 2.05. The van der Waals surface area contributed by atoms with E-state index >= 15 is 0 Å². The standard InChI is InChI=1S/C16H20F2N2O2S/c17-16(18)8-14(9-16)23(21,22)19-10-12-4-1-2-6-15(12)20-7-3-5-13(20)11-19/h1-2,4,6,13-14H,3,5,7-11H2/t13-/m1/s1. The fraction of sp³-hybridized carbons (Fsp3) is 0.625. The van der Waals surface area contributed by atoms with Crippen molar-refractivity contribution < 1.29 is 17.2 Å². The molecule has 4 rings (SSSR count). The van der Waals surface area contributed by atoms with Crippen LogP contribution in [0.15, 0.2) is 24.3 Å². The zero-order chi connectivity index (χ0) is 16.2. The van der Waals surface area contributed by atoms with E-state index in [1.807, 2.05) is 24.3 Å². The third-order valence-electron chi connectivity index (χ3n) is 5.27. The maximum absolute atomic E-state index is 13.1. The van der Waals surface area contributed by atoms with E-state index in [0.717, 1.165) is 30.6 Å². The fourth-order valence-corrected chi connectivity index (χ4v) is 6.01. The molecule has 0 N–H and O–H groups in total. The molecule has 7 heteroatoms. The summed E-state index contributed by atoms with van der Waals surface area (Å²) in [6.45, 7) is 1.61. The highest BCUT2D eigenvalue weighted by Gasteiger charge is 2.53. The predicted octanol–water partition coefficient (Wildman–Crippen LogP) is 2.60. The molecule has 0 amide bonds. The minimum atomic E-state index is -3.67. The van der Waals surface area contributed by atoms with Crippen molar-refractivity contribution in [3.8, 4) is 0 Å². The van der Waals surface area contributed by atoms with E-state index < -0.39 is 34.0 Å². The van der Waals surface area contributed by atoms with Crippen LogP contribution < -0.4 is 4.90 Å². The van der Waals surface area contributed by atoms with Crippen molar-refractivity contribution in [3.05, 3.63) is 29.8 Å². The van der Waals surface area contributed by atoms with Crippen LogP contribution in [0, 0.1) is 0 Å². The lowest BCUT2D eigenvalue weighted by Crippen LogP contribution is -2.51. The highest BCUT2D eigenvalue weighted by Crippen LogP contribution is 2.43. The van der Waals surface area contributed by atoms with E-state index in [4.69, 9.17) is 0 Å². The van der Waals surface area contributed by atoms with E-state index in [2.05, 4.69) is 4.90 Å². The summed E-state index contributed by atoms with van der Waals surface area (Å²) < 4.78 is 53.3. The Bertz CT molecular complexity index is 715. The molecule has 3 aliphatic rings. The van der Waals surface area contributed by atoms with Gasteiger partial charge in [0.2, 0.25) is 10.0 Å². The van der Waals surface area contributed by atoms with E-state index in [9.17, 15) is 17.2 Å². The highest BCUT2D eigenvalue weighted by atomic mass is 32.2. The quantitative estimate of drug-likeness (QED) is 0.829. The molecule has 1 atom stereocenters. The predicted molar refractivity (Wildman–Crippen MR) is 84.1 cm³/mol. The first kappa shape index (κ1) is 15.3. The summed E-state index contributed by atoms with van der Waals surface area (Å²) in [6.07, 6.45) is 0.902. The van der Waals surface area contributed by atoms with Crippen LogP contribution in [0.1, 0.15) is 31.2 Å². The number of hydrogen-bond acceptors (Lipinski definition) is 3. The van der Waals surface area contributed by atoms with Crippen LogP contribution in [-0.4, -0.2) is 43.0 Å². The number of anilines is 1. The lowest BCUT2D eigenvalue weighted by Gasteiger charge is -2.38. The van der Waals surface area contributed by atoms with Gasteiger partial charge in [0.25, 0.3) is 5.92 Å². The van der Waals surface area contributed by atoms with E-state index in [1.165, 1.54) is 4.31 Å². The lowest BCUT2D eigenvalue weighted by atomic mass is 9.94. The molecule has 2 heterocycles. The molecule has 1 aromatic carbocycles. The first-order chi connectivity index (χ1) is 10.9. The van der Waals surface area contributed by atoms with Gasteiger partial charge < -0.3 is 4.90 Å². The Labute approximate surface area is 135 Å². The first-order valence-electron chi connectivity index (χ1n) is 8.08. The molecule has 2 fully saturated rings. The van der Waals surface area contributed by atoms with Crippen LogP contribution in [0.2, 0.25) is 0 Å². The summed E-state index contributed by atoms with van der Waals surface area (Å²) in [4.78, 5) is 2.28. The van der Waals surface area contributed by atoms with Gasteiger partial charge in [-0.1, -0.05) is 18.2 Å². The Kier molecular flexibility index (Phi) is 3.43. The smallest absolute Gasteiger partial charge is 0.250 e. The van der Waals surface area contributed by atoms with Gasteiger partial charge in [-0.25, -0.2) is 17.2 Å². The molecule has 23 heavy (non-hydrogen) atoms. The van der Waals surface area contributed by atoms with Crippen LogP contribution >= 0.6 is 0 Å². The molecule has 0 bridgehead atoms. The number of fused-ring (bicyclic) bond motifs is 3. The number of benzene rings is 1. The Balaban J connectivity index is 1.66. The fourth-order valence-electron chi connectivity index (χ4n) is 3.98. The number of sulfonamides is 1. The van der Waals surface area contributed by atoms with Gasteiger partial charge in [0.05, 0.1) is 5.25 Å². The summed E-state index contributed by atoms with van der Waals surface area (Å²) in [5.74, 6) is -2.82. The molecule has 1 aromatic rings. The van der Waals surface area contributed by atoms with E-state index in [0.29, 0.717) is 6.54 Å². The summed E-state index contributed by atoms with van der Waals surface area (Å²) in [5, 5.41) is -0.933. The maximum Gasteiger partial charge on any atom is 0.250 e. The van der Waals surface area contributed by atoms with E-state index in [-0.39, 0.29) is 12.6 Å². The summed E-state index contributed by atoms with van der Waals surface area (Å²) in [7, 11) is -3.67. The van der Waals surface area contributed by atoms with Gasteiger partial charge in [-0.15, -0.1) is 0 Å². The number of hydrogen-bond donors (Lipinski definition) is 0. The zero-order valence-corrected chi connectivity index (χ0v) is 13.6. The molecule has 1 saturated carbocycles. The molecule has 0 aromatic heterocycles. The number of rotatable bonds is 2. The number of nitrogens with zero attached hydrogens (tertiary/aromatic N) is 2. The van der Waals surface area contributed by atoms with Gasteiger partial charge in [0.1, 0.15) is 0 Å². The second-order valence-electron chi connectivity index (χ2n) is 6.84. The molecule has 0 spiro atoms. The Morgan fingerprint density at radius 3 is 2.65 bits per heavy atom. The van der Waals surface area contributed by atoms with Gasteiger partial charge in [-0.2, -0.15) is 4.31 Å². The third kappa shape index (κ3) is 2.54. The molecule has 0 unspecified atom stereocenters. The van der Waals surface area contributed by atoms with Crippen LogP contribution in [-0.2, 0) is 16.6 Å². The van der Waals surface area contributed by atoms with Crippen molar-refractivity contribution in [2.45, 2.75) is 49.4 Å². The van der Waals surface area contributed by atoms with Crippen molar-refractivity contribution in [2.24, 2.45) is 0 Å². The third-order valence-corrected chi connectivity index (χ3v) is 7.45. The van der Waals surface area contributed by atoms with Crippen molar-refractivity contribution in [1.29, 1.82) is 0 Å². The monoisotopic (exact) mass is 342 g/mol. The minimum absolute atomic E-state index is 0.147. The van der Waals surface area contributed by atoms with Crippen LogP contribution in [0.4, 0.5) is 14.5 Å². The van der Waals surface area contributed by atoms with Crippen LogP contribution in [0.3, 0.4) is 0 Å². The van der Waals surface area contributed by atoms with Crippen LogP contribution in [0.5, 0.6) is 0 Å². The highest BCUT2D eigenvalue weighted by molar-refractivity contribution is 7.89. The van der Waals surface area contributed by atoms with Crippen molar-refractivity contribution >= 4 is 15.7 Å². The van der Waals surface area contributed by atoms with Crippen molar-refractivity contribution in [3.63, 3.8) is 0 Å². The molecular formula is C16H20F2N2O2S. The number of halogens is 2. The summed E-state index contributed by atoms with van der Waals surface area (Å²) in [6, 6.07) is 7.98. The first-order valence-corrected chi connectivity index (χ1v) is 9.58. The second kappa shape index (κ2) is 5.14. The van der Waals surface area contributed by atoms with Gasteiger partial charge >= 0.3 is 0 Å².